The number of aromatic hydroxyl groups is 2. The van der Waals surface area contributed by atoms with Crippen molar-refractivity contribution in [2.24, 2.45) is 10.2 Å². The van der Waals surface area contributed by atoms with Gasteiger partial charge in [0.25, 0.3) is 0 Å². The van der Waals surface area contributed by atoms with Gasteiger partial charge in [-0.25, -0.2) is 0 Å². The average Bonchev–Trinajstić information content (AvgIpc) is 2.44. The van der Waals surface area contributed by atoms with E-state index in [2.05, 4.69) is 10.2 Å². The number of rotatable bonds is 4. The third-order valence-electron chi connectivity index (χ3n) is 2.62. The molecule has 2 aromatic carbocycles. The molecule has 22 heavy (non-hydrogen) atoms. The Bertz CT molecular complexity index is 724. The van der Waals surface area contributed by atoms with Crippen LogP contribution >= 0.6 is 0 Å². The van der Waals surface area contributed by atoms with Crippen LogP contribution in [0.1, 0.15) is 0 Å². The van der Waals surface area contributed by atoms with Crippen LogP contribution in [-0.2, 0) is 0 Å². The fourth-order valence-corrected chi connectivity index (χ4v) is 1.68. The minimum Gasteiger partial charge on any atom is -0.502 e. The van der Waals surface area contributed by atoms with E-state index < -0.39 is 32.7 Å². The van der Waals surface area contributed by atoms with Gasteiger partial charge in [0.05, 0.1) is 9.85 Å². The van der Waals surface area contributed by atoms with Crippen LogP contribution in [-0.4, -0.2) is 20.1 Å². The summed E-state index contributed by atoms with van der Waals surface area (Å²) in [5, 5.41) is 47.8. The number of phenols is 2. The minimum atomic E-state index is -0.847. The monoisotopic (exact) mass is 304 g/mol. The standard InChI is InChI=1S/C12H8N4O6/c17-9-5-1-3-7(11(9)15(19)20)13-14-8-4-2-6-10(18)12(8)16(21)22/h1-6,17-18H. The highest BCUT2D eigenvalue weighted by Crippen LogP contribution is 2.39. The molecule has 0 amide bonds. The maximum absolute atomic E-state index is 10.9. The molecule has 0 fully saturated rings. The molecular formula is C12H8N4O6. The summed E-state index contributed by atoms with van der Waals surface area (Å²) in [6.07, 6.45) is 0. The summed E-state index contributed by atoms with van der Waals surface area (Å²) in [5.74, 6) is -1.21. The highest BCUT2D eigenvalue weighted by atomic mass is 16.6. The van der Waals surface area contributed by atoms with Crippen LogP contribution in [0.2, 0.25) is 0 Å². The Balaban J connectivity index is 2.51. The van der Waals surface area contributed by atoms with Gasteiger partial charge in [0.15, 0.2) is 22.9 Å². The number of hydrogen-bond donors (Lipinski definition) is 2. The molecule has 0 radical (unpaired) electrons. The van der Waals surface area contributed by atoms with Crippen LogP contribution in [0.3, 0.4) is 0 Å². The number of azo groups is 1. The molecule has 10 heteroatoms. The number of nitrogens with zero attached hydrogens (tertiary/aromatic N) is 4. The van der Waals surface area contributed by atoms with E-state index in [1.807, 2.05) is 0 Å². The molecule has 0 aliphatic carbocycles. The predicted molar refractivity (Wildman–Crippen MR) is 73.7 cm³/mol. The lowest BCUT2D eigenvalue weighted by Gasteiger charge is -2.00. The highest BCUT2D eigenvalue weighted by molar-refractivity contribution is 5.67. The molecule has 0 aliphatic heterocycles. The molecule has 2 rings (SSSR count). The van der Waals surface area contributed by atoms with Crippen LogP contribution in [0.5, 0.6) is 11.5 Å². The number of phenolic OH excluding ortho intramolecular Hbond substituents is 2. The second kappa shape index (κ2) is 5.83. The lowest BCUT2D eigenvalue weighted by atomic mass is 10.2. The molecular weight excluding hydrogens is 296 g/mol. The van der Waals surface area contributed by atoms with Gasteiger partial charge in [-0.05, 0) is 24.3 Å². The summed E-state index contributed by atoms with van der Waals surface area (Å²) < 4.78 is 0. The van der Waals surface area contributed by atoms with E-state index in [0.29, 0.717) is 0 Å². The topological polar surface area (TPSA) is 151 Å². The van der Waals surface area contributed by atoms with Crippen molar-refractivity contribution in [3.8, 4) is 11.5 Å². The zero-order valence-corrected chi connectivity index (χ0v) is 10.8. The first kappa shape index (κ1) is 14.8. The lowest BCUT2D eigenvalue weighted by molar-refractivity contribution is -0.385. The van der Waals surface area contributed by atoms with Crippen LogP contribution in [0.25, 0.3) is 0 Å². The summed E-state index contributed by atoms with van der Waals surface area (Å²) in [5.41, 5.74) is -1.90. The molecule has 0 unspecified atom stereocenters. The largest absolute Gasteiger partial charge is 0.502 e. The van der Waals surface area contributed by atoms with E-state index in [-0.39, 0.29) is 11.4 Å². The van der Waals surface area contributed by atoms with Gasteiger partial charge < -0.3 is 10.2 Å². The number of hydrogen-bond acceptors (Lipinski definition) is 8. The van der Waals surface area contributed by atoms with E-state index in [1.165, 1.54) is 24.3 Å². The molecule has 0 heterocycles. The molecule has 0 aromatic heterocycles. The summed E-state index contributed by atoms with van der Waals surface area (Å²) >= 11 is 0. The first-order chi connectivity index (χ1) is 10.4. The number of benzene rings is 2. The van der Waals surface area contributed by atoms with E-state index in [0.717, 1.165) is 12.1 Å². The average molecular weight is 304 g/mol. The Kier molecular flexibility index (Phi) is 3.93. The van der Waals surface area contributed by atoms with Crippen molar-refractivity contribution in [2.75, 3.05) is 0 Å². The summed E-state index contributed by atoms with van der Waals surface area (Å²) in [7, 11) is 0. The maximum atomic E-state index is 10.9. The third kappa shape index (κ3) is 2.80. The Morgan fingerprint density at radius 1 is 0.773 bits per heavy atom. The van der Waals surface area contributed by atoms with Gasteiger partial charge in [0.1, 0.15) is 0 Å². The summed E-state index contributed by atoms with van der Waals surface area (Å²) in [4.78, 5) is 20.1. The molecule has 0 spiro atoms. The van der Waals surface area contributed by atoms with E-state index in [9.17, 15) is 30.4 Å². The fraction of sp³-hybridized carbons (Fsp3) is 0. The van der Waals surface area contributed by atoms with Gasteiger partial charge in [-0.2, -0.15) is 0 Å². The first-order valence-electron chi connectivity index (χ1n) is 5.76. The summed E-state index contributed by atoms with van der Waals surface area (Å²) in [6.45, 7) is 0. The lowest BCUT2D eigenvalue weighted by Crippen LogP contribution is -1.89. The molecule has 0 bridgehead atoms. The molecule has 112 valence electrons. The molecule has 0 saturated heterocycles. The third-order valence-corrected chi connectivity index (χ3v) is 2.62. The van der Waals surface area contributed by atoms with Gasteiger partial charge in [0.2, 0.25) is 0 Å². The van der Waals surface area contributed by atoms with Crippen molar-refractivity contribution in [3.63, 3.8) is 0 Å². The molecule has 2 aromatic rings. The van der Waals surface area contributed by atoms with Crippen molar-refractivity contribution >= 4 is 22.7 Å². The van der Waals surface area contributed by atoms with Crippen molar-refractivity contribution in [1.82, 2.24) is 0 Å². The van der Waals surface area contributed by atoms with Crippen LogP contribution in [0, 0.1) is 20.2 Å². The zero-order chi connectivity index (χ0) is 16.3. The normalized spacial score (nSPS) is 10.7. The Labute approximate surface area is 122 Å². The van der Waals surface area contributed by atoms with Gasteiger partial charge in [-0.1, -0.05) is 12.1 Å². The number of nitro benzene ring substituents is 2. The number of nitro groups is 2. The van der Waals surface area contributed by atoms with E-state index in [4.69, 9.17) is 0 Å². The zero-order valence-electron chi connectivity index (χ0n) is 10.8. The first-order valence-corrected chi connectivity index (χ1v) is 5.76. The Morgan fingerprint density at radius 2 is 1.14 bits per heavy atom. The fourth-order valence-electron chi connectivity index (χ4n) is 1.68. The van der Waals surface area contributed by atoms with Crippen molar-refractivity contribution in [3.05, 3.63) is 56.6 Å². The van der Waals surface area contributed by atoms with Crippen molar-refractivity contribution in [2.45, 2.75) is 0 Å². The maximum Gasteiger partial charge on any atom is 0.337 e. The number of para-hydroxylation sites is 2. The molecule has 0 saturated carbocycles. The van der Waals surface area contributed by atoms with Gasteiger partial charge in [0, 0.05) is 0 Å². The predicted octanol–water partition coefficient (Wildman–Crippen LogP) is 3.33. The smallest absolute Gasteiger partial charge is 0.337 e. The van der Waals surface area contributed by atoms with Gasteiger partial charge in [-0.3, -0.25) is 20.2 Å². The molecule has 0 atom stereocenters. The van der Waals surface area contributed by atoms with Crippen molar-refractivity contribution in [1.29, 1.82) is 0 Å². The van der Waals surface area contributed by atoms with Crippen LogP contribution < -0.4 is 0 Å². The molecule has 10 nitrogen and oxygen atoms in total. The quantitative estimate of drug-likeness (QED) is 0.502. The van der Waals surface area contributed by atoms with E-state index >= 15 is 0 Å². The highest BCUT2D eigenvalue weighted by Gasteiger charge is 2.21. The van der Waals surface area contributed by atoms with Gasteiger partial charge >= 0.3 is 11.4 Å². The summed E-state index contributed by atoms with van der Waals surface area (Å²) in [6, 6.07) is 7.27. The Morgan fingerprint density at radius 3 is 1.45 bits per heavy atom. The Hall–Kier alpha value is -3.56. The minimum absolute atomic E-state index is 0.275. The van der Waals surface area contributed by atoms with Crippen LogP contribution in [0.4, 0.5) is 22.7 Å². The van der Waals surface area contributed by atoms with Crippen molar-refractivity contribution < 1.29 is 20.1 Å². The second-order valence-electron chi connectivity index (χ2n) is 4.00. The second-order valence-corrected chi connectivity index (χ2v) is 4.00. The molecule has 2 N–H and O–H groups in total. The SMILES string of the molecule is O=[N+]([O-])c1c(O)cccc1N=Nc1cccc(O)c1[N+](=O)[O-]. The van der Waals surface area contributed by atoms with Gasteiger partial charge in [-0.15, -0.1) is 10.2 Å². The molecule has 0 aliphatic rings. The van der Waals surface area contributed by atoms with E-state index in [1.54, 1.807) is 0 Å². The van der Waals surface area contributed by atoms with Crippen LogP contribution in [0.15, 0.2) is 46.6 Å².